The summed E-state index contributed by atoms with van der Waals surface area (Å²) in [6.07, 6.45) is 3.17. The molecule has 32 heavy (non-hydrogen) atoms. The van der Waals surface area contributed by atoms with Crippen molar-refractivity contribution in [3.8, 4) is 17.1 Å². The van der Waals surface area contributed by atoms with Crippen LogP contribution in [0.25, 0.3) is 22.2 Å². The van der Waals surface area contributed by atoms with Crippen LogP contribution < -0.4 is 14.4 Å². The molecule has 4 heterocycles. The van der Waals surface area contributed by atoms with E-state index in [4.69, 9.17) is 9.72 Å². The highest BCUT2D eigenvalue weighted by Gasteiger charge is 2.29. The number of hydrogen-bond donors (Lipinski definition) is 1. The molecule has 2 saturated heterocycles. The zero-order valence-corrected chi connectivity index (χ0v) is 19.3. The second-order valence-corrected chi connectivity index (χ2v) is 10.1. The smallest absolute Gasteiger partial charge is 0.225 e. The molecule has 1 N–H and O–H groups in total. The number of carbonyl (C=O) groups excluding carboxylic acids is 1. The van der Waals surface area contributed by atoms with Crippen molar-refractivity contribution in [3.05, 3.63) is 36.0 Å². The highest BCUT2D eigenvalue weighted by atomic mass is 32.2. The molecule has 8 nitrogen and oxygen atoms in total. The summed E-state index contributed by atoms with van der Waals surface area (Å²) in [5.41, 5.74) is 4.61. The number of rotatable bonds is 5. The number of benzene rings is 1. The van der Waals surface area contributed by atoms with Crippen LogP contribution in [0.2, 0.25) is 0 Å². The highest BCUT2D eigenvalue weighted by molar-refractivity contribution is 7.86. The molecule has 2 fully saturated rings. The van der Waals surface area contributed by atoms with Gasteiger partial charge in [-0.3, -0.25) is 13.8 Å². The molecule has 3 aromatic rings. The first-order chi connectivity index (χ1) is 15.4. The molecule has 5 rings (SSSR count). The van der Waals surface area contributed by atoms with Crippen molar-refractivity contribution in [1.82, 2.24) is 20.1 Å². The molecule has 2 aromatic heterocycles. The summed E-state index contributed by atoms with van der Waals surface area (Å²) in [7, 11) is 0.929. The molecule has 1 aromatic carbocycles. The number of carbonyl (C=O) groups is 1. The molecular formula is C23H27N5O3S. The van der Waals surface area contributed by atoms with Gasteiger partial charge in [0.2, 0.25) is 11.8 Å². The molecule has 2 aliphatic rings. The van der Waals surface area contributed by atoms with Crippen LogP contribution in [0, 0.1) is 12.8 Å². The van der Waals surface area contributed by atoms with Crippen LogP contribution in [0.15, 0.2) is 30.5 Å². The Kier molecular flexibility index (Phi) is 5.36. The normalized spacial score (nSPS) is 21.8. The number of aromatic nitrogens is 3. The quantitative estimate of drug-likeness (QED) is 0.642. The Bertz CT molecular complexity index is 1220. The Morgan fingerprint density at radius 3 is 2.84 bits per heavy atom. The van der Waals surface area contributed by atoms with Crippen molar-refractivity contribution < 1.29 is 13.7 Å². The van der Waals surface area contributed by atoms with Crippen molar-refractivity contribution in [2.24, 2.45) is 13.0 Å². The molecular weight excluding hydrogens is 426 g/mol. The van der Waals surface area contributed by atoms with Crippen LogP contribution in [0.4, 0.5) is 5.69 Å². The van der Waals surface area contributed by atoms with E-state index >= 15 is 0 Å². The van der Waals surface area contributed by atoms with Crippen LogP contribution in [-0.4, -0.2) is 49.8 Å². The largest absolute Gasteiger partial charge is 0.474 e. The highest BCUT2D eigenvalue weighted by Crippen LogP contribution is 2.33. The fourth-order valence-electron chi connectivity index (χ4n) is 4.45. The molecule has 0 saturated carbocycles. The number of hydrogen-bond acceptors (Lipinski definition) is 5. The maximum Gasteiger partial charge on any atom is 0.225 e. The second-order valence-electron chi connectivity index (χ2n) is 8.62. The van der Waals surface area contributed by atoms with E-state index in [1.807, 2.05) is 49.6 Å². The lowest BCUT2D eigenvalue weighted by Crippen LogP contribution is -2.26. The molecule has 9 heteroatoms. The van der Waals surface area contributed by atoms with Crippen LogP contribution in [0.1, 0.15) is 25.3 Å². The minimum absolute atomic E-state index is 0.0631. The summed E-state index contributed by atoms with van der Waals surface area (Å²) < 4.78 is 22.3. The maximum atomic E-state index is 12.3. The fourth-order valence-corrected chi connectivity index (χ4v) is 5.80. The first-order valence-corrected chi connectivity index (χ1v) is 12.2. The molecule has 3 atom stereocenters. The van der Waals surface area contributed by atoms with Gasteiger partial charge >= 0.3 is 0 Å². The van der Waals surface area contributed by atoms with Gasteiger partial charge in [-0.2, -0.15) is 5.10 Å². The average molecular weight is 454 g/mol. The van der Waals surface area contributed by atoms with Crippen molar-refractivity contribution in [3.63, 3.8) is 0 Å². The molecule has 0 radical (unpaired) electrons. The van der Waals surface area contributed by atoms with E-state index in [-0.39, 0.29) is 17.9 Å². The van der Waals surface area contributed by atoms with Gasteiger partial charge in [-0.25, -0.2) is 9.19 Å². The van der Waals surface area contributed by atoms with E-state index in [0.717, 1.165) is 52.1 Å². The van der Waals surface area contributed by atoms with Crippen molar-refractivity contribution >= 4 is 33.5 Å². The third-order valence-corrected chi connectivity index (χ3v) is 7.75. The first-order valence-electron chi connectivity index (χ1n) is 10.9. The Hall–Kier alpha value is -2.94. The molecule has 0 spiro atoms. The van der Waals surface area contributed by atoms with Gasteiger partial charge in [0.05, 0.1) is 22.3 Å². The van der Waals surface area contributed by atoms with Crippen LogP contribution >= 0.6 is 0 Å². The minimum atomic E-state index is -0.947. The lowest BCUT2D eigenvalue weighted by Gasteiger charge is -2.20. The summed E-state index contributed by atoms with van der Waals surface area (Å²) in [5, 5.41) is 8.29. The fraction of sp³-hybridized carbons (Fsp3) is 0.435. The standard InChI is InChI=1S/C23H27N5O3S/c1-14-9-16(5-6-21(14)28-7-4-8-32(28)30)19-11-20-18(13-27(3)26-20)23(25-19)31-15(2)17-10-22(29)24-12-17/h5-6,9,11,13,15,17H,4,7-8,10,12H2,1-3H3,(H,24,29)/t15?,17-,32?/m1/s1. The summed E-state index contributed by atoms with van der Waals surface area (Å²) in [4.78, 5) is 16.5. The number of fused-ring (bicyclic) bond motifs is 1. The third kappa shape index (κ3) is 3.85. The Morgan fingerprint density at radius 1 is 1.31 bits per heavy atom. The number of anilines is 1. The van der Waals surface area contributed by atoms with Gasteiger partial charge in [0, 0.05) is 50.0 Å². The van der Waals surface area contributed by atoms with Gasteiger partial charge in [-0.05, 0) is 44.0 Å². The Morgan fingerprint density at radius 2 is 2.16 bits per heavy atom. The summed E-state index contributed by atoms with van der Waals surface area (Å²) in [6.45, 7) is 5.46. The average Bonchev–Trinajstić information content (AvgIpc) is 3.47. The van der Waals surface area contributed by atoms with Gasteiger partial charge in [0.15, 0.2) is 0 Å². The third-order valence-electron chi connectivity index (χ3n) is 6.24. The molecule has 2 aliphatic heterocycles. The minimum Gasteiger partial charge on any atom is -0.474 e. The number of amides is 1. The van der Waals surface area contributed by atoms with Crippen molar-refractivity contribution in [2.45, 2.75) is 32.8 Å². The van der Waals surface area contributed by atoms with Gasteiger partial charge in [0.1, 0.15) is 17.1 Å². The Labute approximate surface area is 189 Å². The molecule has 168 valence electrons. The monoisotopic (exact) mass is 453 g/mol. The summed E-state index contributed by atoms with van der Waals surface area (Å²) >= 11 is 0. The van der Waals surface area contributed by atoms with Gasteiger partial charge in [-0.1, -0.05) is 6.07 Å². The SMILES string of the molecule is Cc1cc(-c2cc3nn(C)cc3c(OC(C)[C@H]3CNC(=O)C3)n2)ccc1N1CCCS1=O. The zero-order chi connectivity index (χ0) is 22.4. The number of pyridine rings is 1. The molecule has 0 bridgehead atoms. The van der Waals surface area contributed by atoms with E-state index in [9.17, 15) is 9.00 Å². The first kappa shape index (κ1) is 20.9. The number of ether oxygens (including phenoxy) is 1. The number of nitrogens with zero attached hydrogens (tertiary/aromatic N) is 4. The zero-order valence-electron chi connectivity index (χ0n) is 18.5. The maximum absolute atomic E-state index is 12.3. The molecule has 0 aliphatic carbocycles. The Balaban J connectivity index is 1.50. The van der Waals surface area contributed by atoms with Gasteiger partial charge in [0.25, 0.3) is 0 Å². The number of aryl methyl sites for hydroxylation is 2. The van der Waals surface area contributed by atoms with E-state index < -0.39 is 11.0 Å². The van der Waals surface area contributed by atoms with Gasteiger partial charge < -0.3 is 10.1 Å². The van der Waals surface area contributed by atoms with E-state index in [2.05, 4.69) is 16.5 Å². The lowest BCUT2D eigenvalue weighted by molar-refractivity contribution is -0.119. The van der Waals surface area contributed by atoms with Crippen LogP contribution in [-0.2, 0) is 22.8 Å². The summed E-state index contributed by atoms with van der Waals surface area (Å²) in [6, 6.07) is 8.09. The second kappa shape index (κ2) is 8.20. The predicted molar refractivity (Wildman–Crippen MR) is 125 cm³/mol. The summed E-state index contributed by atoms with van der Waals surface area (Å²) in [5.74, 6) is 1.43. The van der Waals surface area contributed by atoms with E-state index in [1.54, 1.807) is 4.68 Å². The topological polar surface area (TPSA) is 89.3 Å². The molecule has 2 unspecified atom stereocenters. The number of nitrogens with one attached hydrogen (secondary N) is 1. The van der Waals surface area contributed by atoms with Crippen LogP contribution in [0.5, 0.6) is 5.88 Å². The van der Waals surface area contributed by atoms with Crippen LogP contribution in [0.3, 0.4) is 0 Å². The van der Waals surface area contributed by atoms with E-state index in [0.29, 0.717) is 18.8 Å². The van der Waals surface area contributed by atoms with Crippen molar-refractivity contribution in [1.29, 1.82) is 0 Å². The lowest BCUT2D eigenvalue weighted by atomic mass is 10.0. The van der Waals surface area contributed by atoms with E-state index in [1.165, 1.54) is 0 Å². The van der Waals surface area contributed by atoms with Crippen molar-refractivity contribution in [2.75, 3.05) is 23.1 Å². The molecule has 1 amide bonds. The predicted octanol–water partition coefficient (Wildman–Crippen LogP) is 2.72. The van der Waals surface area contributed by atoms with Gasteiger partial charge in [-0.15, -0.1) is 0 Å².